The molecule has 13 heteroatoms. The van der Waals surface area contributed by atoms with E-state index in [2.05, 4.69) is 10.6 Å². The number of alkyl halides is 2. The summed E-state index contributed by atoms with van der Waals surface area (Å²) in [6.07, 6.45) is -1.34. The maximum Gasteiger partial charge on any atom is 0.270 e. The van der Waals surface area contributed by atoms with E-state index < -0.39 is 30.0 Å². The van der Waals surface area contributed by atoms with Crippen LogP contribution in [-0.4, -0.2) is 67.6 Å². The van der Waals surface area contributed by atoms with Gasteiger partial charge in [0.1, 0.15) is 15.3 Å². The topological polar surface area (TPSA) is 128 Å². The van der Waals surface area contributed by atoms with Crippen LogP contribution in [0.4, 0.5) is 20.2 Å². The number of hydrogen-bond acceptors (Lipinski definition) is 8. The van der Waals surface area contributed by atoms with Gasteiger partial charge in [0, 0.05) is 37.8 Å². The van der Waals surface area contributed by atoms with Crippen LogP contribution in [0.5, 0.6) is 0 Å². The van der Waals surface area contributed by atoms with Gasteiger partial charge in [-0.2, -0.15) is 5.26 Å². The van der Waals surface area contributed by atoms with Crippen LogP contribution in [0.1, 0.15) is 13.8 Å². The Kier molecular flexibility index (Phi) is 11.9. The molecule has 0 aliphatic carbocycles. The molecular weight excluding hydrogens is 506 g/mol. The first-order valence-corrected chi connectivity index (χ1v) is 12.3. The van der Waals surface area contributed by atoms with Crippen LogP contribution in [-0.2, 0) is 20.9 Å². The highest BCUT2D eigenvalue weighted by Gasteiger charge is 2.16. The van der Waals surface area contributed by atoms with Gasteiger partial charge < -0.3 is 20.7 Å². The molecule has 0 fully saturated rings. The maximum atomic E-state index is 12.8. The lowest BCUT2D eigenvalue weighted by molar-refractivity contribution is -0.117. The Labute approximate surface area is 216 Å². The third-order valence-electron chi connectivity index (χ3n) is 5.14. The maximum absolute atomic E-state index is 12.8. The zero-order valence-electron chi connectivity index (χ0n) is 20.8. The molecule has 37 heavy (non-hydrogen) atoms. The molecule has 0 spiro atoms. The summed E-state index contributed by atoms with van der Waals surface area (Å²) < 4.78 is 31.5. The van der Waals surface area contributed by atoms with Crippen molar-refractivity contribution in [1.29, 1.82) is 5.26 Å². The lowest BCUT2D eigenvalue weighted by atomic mass is 10.2. The molecule has 0 atom stereocenters. The Morgan fingerprint density at radius 3 is 2.65 bits per heavy atom. The third kappa shape index (κ3) is 8.78. The molecule has 0 saturated carbocycles. The quantitative estimate of drug-likeness (QED) is 0.345. The number of hydrogen-bond donors (Lipinski definition) is 3. The van der Waals surface area contributed by atoms with E-state index in [4.69, 9.17) is 4.74 Å². The average molecular weight is 537 g/mol. The second-order valence-electron chi connectivity index (χ2n) is 7.69. The molecule has 1 heterocycles. The van der Waals surface area contributed by atoms with Crippen molar-refractivity contribution in [1.82, 2.24) is 14.8 Å². The highest BCUT2D eigenvalue weighted by molar-refractivity contribution is 7.07. The van der Waals surface area contributed by atoms with Gasteiger partial charge in [0.15, 0.2) is 5.57 Å². The number of amides is 2. The molecule has 10 nitrogen and oxygen atoms in total. The SMILES string of the molecule is CCN(CCOC)CC(=O)Nc1cccc(N/C=c2/s/c(=C(/C#N)C(=O)NCC(F)F)n(CC)c2=O)c1. The second kappa shape index (κ2) is 14.8. The number of nitrogens with one attached hydrogen (secondary N) is 3. The van der Waals surface area contributed by atoms with Crippen LogP contribution in [0.25, 0.3) is 11.8 Å². The van der Waals surface area contributed by atoms with Crippen molar-refractivity contribution < 1.29 is 23.1 Å². The molecule has 0 aliphatic heterocycles. The van der Waals surface area contributed by atoms with E-state index in [0.717, 1.165) is 11.3 Å². The van der Waals surface area contributed by atoms with E-state index in [9.17, 15) is 28.4 Å². The minimum atomic E-state index is -2.77. The number of halogens is 2. The highest BCUT2D eigenvalue weighted by Crippen LogP contribution is 2.15. The summed E-state index contributed by atoms with van der Waals surface area (Å²) in [5, 5.41) is 17.3. The van der Waals surface area contributed by atoms with Crippen molar-refractivity contribution in [3.05, 3.63) is 43.8 Å². The Balaban J connectivity index is 2.26. The number of carbonyl (C=O) groups is 2. The largest absolute Gasteiger partial charge is 0.383 e. The summed E-state index contributed by atoms with van der Waals surface area (Å²) >= 11 is 0.895. The summed E-state index contributed by atoms with van der Waals surface area (Å²) in [5.41, 5.74) is 0.283. The summed E-state index contributed by atoms with van der Waals surface area (Å²) in [5.74, 6) is -1.16. The number of carbonyl (C=O) groups excluding carboxylic acids is 2. The molecule has 0 bridgehead atoms. The van der Waals surface area contributed by atoms with Crippen molar-refractivity contribution in [2.75, 3.05) is 50.5 Å². The first kappa shape index (κ1) is 29.6. The summed E-state index contributed by atoms with van der Waals surface area (Å²) in [6.45, 7) is 4.96. The number of likely N-dealkylation sites (N-methyl/N-ethyl adjacent to an activating group) is 1. The lowest BCUT2D eigenvalue weighted by Gasteiger charge is -2.19. The molecule has 0 unspecified atom stereocenters. The second-order valence-corrected chi connectivity index (χ2v) is 8.72. The number of thiazole rings is 1. The molecular formula is C24H30F2N6O4S. The summed E-state index contributed by atoms with van der Waals surface area (Å²) in [4.78, 5) is 39.4. The van der Waals surface area contributed by atoms with Crippen LogP contribution in [0.15, 0.2) is 29.1 Å². The molecule has 3 N–H and O–H groups in total. The van der Waals surface area contributed by atoms with Crippen molar-refractivity contribution in [3.63, 3.8) is 0 Å². The van der Waals surface area contributed by atoms with Crippen molar-refractivity contribution in [2.45, 2.75) is 26.8 Å². The lowest BCUT2D eigenvalue weighted by Crippen LogP contribution is -2.35. The summed E-state index contributed by atoms with van der Waals surface area (Å²) in [6, 6.07) is 8.60. The number of methoxy groups -OCH3 is 1. The minimum Gasteiger partial charge on any atom is -0.383 e. The van der Waals surface area contributed by atoms with Gasteiger partial charge in [-0.15, -0.1) is 11.3 Å². The Morgan fingerprint density at radius 2 is 2.03 bits per heavy atom. The minimum absolute atomic E-state index is 0.0739. The Hall–Kier alpha value is -3.60. The number of aromatic nitrogens is 1. The van der Waals surface area contributed by atoms with Gasteiger partial charge in [-0.05, 0) is 31.7 Å². The van der Waals surface area contributed by atoms with Gasteiger partial charge in [0.2, 0.25) is 5.91 Å². The molecule has 1 aromatic carbocycles. The Morgan fingerprint density at radius 1 is 1.30 bits per heavy atom. The monoisotopic (exact) mass is 536 g/mol. The molecule has 1 aromatic heterocycles. The molecule has 2 aromatic rings. The number of nitriles is 1. The van der Waals surface area contributed by atoms with Crippen molar-refractivity contribution in [3.8, 4) is 6.07 Å². The zero-order chi connectivity index (χ0) is 27.4. The fraction of sp³-hybridized carbons (Fsp3) is 0.417. The van der Waals surface area contributed by atoms with E-state index in [0.29, 0.717) is 31.1 Å². The number of anilines is 2. The predicted molar refractivity (Wildman–Crippen MR) is 139 cm³/mol. The number of benzene rings is 1. The van der Waals surface area contributed by atoms with Crippen molar-refractivity contribution >= 4 is 46.3 Å². The molecule has 0 radical (unpaired) electrons. The third-order valence-corrected chi connectivity index (χ3v) is 6.27. The molecule has 2 amide bonds. The van der Waals surface area contributed by atoms with Gasteiger partial charge in [0.05, 0.1) is 19.7 Å². The molecule has 0 aliphatic rings. The predicted octanol–water partition coefficient (Wildman–Crippen LogP) is 0.742. The highest BCUT2D eigenvalue weighted by atomic mass is 32.1. The van der Waals surface area contributed by atoms with Crippen LogP contribution >= 0.6 is 11.3 Å². The van der Waals surface area contributed by atoms with Crippen LogP contribution in [0.3, 0.4) is 0 Å². The number of nitrogens with zero attached hydrogens (tertiary/aromatic N) is 3. The van der Waals surface area contributed by atoms with Gasteiger partial charge in [-0.1, -0.05) is 13.0 Å². The molecule has 200 valence electrons. The number of rotatable bonds is 13. The Bertz CT molecular complexity index is 1300. The zero-order valence-corrected chi connectivity index (χ0v) is 21.7. The number of ether oxygens (including phenoxy) is 1. The van der Waals surface area contributed by atoms with Gasteiger partial charge >= 0.3 is 0 Å². The van der Waals surface area contributed by atoms with E-state index in [1.165, 1.54) is 10.8 Å². The first-order chi connectivity index (χ1) is 17.7. The molecule has 0 saturated heterocycles. The standard InChI is InChI=1S/C24H30F2N6O4S/c1-4-31(9-10-36-3)15-21(33)30-17-8-6-7-16(11-17)28-13-19-23(35)32(5-2)24(37-19)18(12-27)22(34)29-14-20(25)26/h6-8,11,13,20,28H,4-5,9-10,14-15H2,1-3H3,(H,29,34)(H,30,33)/b19-13+,24-18-. The van der Waals surface area contributed by atoms with E-state index in [1.54, 1.807) is 44.4 Å². The van der Waals surface area contributed by atoms with Crippen molar-refractivity contribution in [2.24, 2.45) is 0 Å². The van der Waals surface area contributed by atoms with Gasteiger partial charge in [-0.25, -0.2) is 8.78 Å². The smallest absolute Gasteiger partial charge is 0.270 e. The normalized spacial score (nSPS) is 12.4. The van der Waals surface area contributed by atoms with E-state index in [-0.39, 0.29) is 28.2 Å². The van der Waals surface area contributed by atoms with Gasteiger partial charge in [0.25, 0.3) is 17.9 Å². The molecule has 2 rings (SSSR count). The van der Waals surface area contributed by atoms with Crippen LogP contribution < -0.4 is 30.7 Å². The van der Waals surface area contributed by atoms with Crippen LogP contribution in [0, 0.1) is 11.3 Å². The fourth-order valence-electron chi connectivity index (χ4n) is 3.26. The first-order valence-electron chi connectivity index (χ1n) is 11.5. The van der Waals surface area contributed by atoms with Crippen LogP contribution in [0.2, 0.25) is 0 Å². The summed E-state index contributed by atoms with van der Waals surface area (Å²) in [7, 11) is 1.60. The van der Waals surface area contributed by atoms with E-state index in [1.807, 2.05) is 17.1 Å². The van der Waals surface area contributed by atoms with Gasteiger partial charge in [-0.3, -0.25) is 23.9 Å². The van der Waals surface area contributed by atoms with E-state index >= 15 is 0 Å². The fourth-order valence-corrected chi connectivity index (χ4v) is 4.34. The average Bonchev–Trinajstić information content (AvgIpc) is 3.19.